The number of nitrogen functional groups attached to an aromatic ring is 1. The fourth-order valence-corrected chi connectivity index (χ4v) is 3.13. The quantitative estimate of drug-likeness (QED) is 0.848. The molecule has 0 spiro atoms. The van der Waals surface area contributed by atoms with Crippen LogP contribution in [0.1, 0.15) is 19.3 Å². The van der Waals surface area contributed by atoms with Crippen molar-refractivity contribution in [1.82, 2.24) is 9.88 Å². The molecule has 0 amide bonds. The molecule has 4 nitrogen and oxygen atoms in total. The van der Waals surface area contributed by atoms with Gasteiger partial charge in [0.05, 0.1) is 0 Å². The van der Waals surface area contributed by atoms with Crippen LogP contribution in [0, 0.1) is 5.92 Å². The number of hydrogen-bond acceptors (Lipinski definition) is 4. The monoisotopic (exact) mass is 284 g/mol. The van der Waals surface area contributed by atoms with Crippen LogP contribution in [0.25, 0.3) is 10.8 Å². The number of pyridine rings is 1. The van der Waals surface area contributed by atoms with Crippen molar-refractivity contribution in [3.8, 4) is 0 Å². The summed E-state index contributed by atoms with van der Waals surface area (Å²) in [6, 6.07) is 6.07. The molecule has 1 aromatic heterocycles. The van der Waals surface area contributed by atoms with Crippen LogP contribution in [0.3, 0.4) is 0 Å². The third kappa shape index (κ3) is 3.27. The van der Waals surface area contributed by atoms with E-state index in [1.165, 1.54) is 32.4 Å². The Morgan fingerprint density at radius 1 is 1.24 bits per heavy atom. The van der Waals surface area contributed by atoms with Gasteiger partial charge in [-0.05, 0) is 63.5 Å². The van der Waals surface area contributed by atoms with Gasteiger partial charge in [0, 0.05) is 41.1 Å². The van der Waals surface area contributed by atoms with E-state index >= 15 is 0 Å². The minimum atomic E-state index is 0.791. The Bertz CT molecular complexity index is 603. The number of nitrogens with zero attached hydrogens (tertiary/aromatic N) is 2. The summed E-state index contributed by atoms with van der Waals surface area (Å²) < 4.78 is 0. The predicted molar refractivity (Wildman–Crippen MR) is 89.5 cm³/mol. The summed E-state index contributed by atoms with van der Waals surface area (Å²) >= 11 is 0. The van der Waals surface area contributed by atoms with Crippen molar-refractivity contribution < 1.29 is 0 Å². The highest BCUT2D eigenvalue weighted by atomic mass is 15.1. The van der Waals surface area contributed by atoms with Crippen LogP contribution in [0.15, 0.2) is 30.6 Å². The highest BCUT2D eigenvalue weighted by molar-refractivity contribution is 6.00. The van der Waals surface area contributed by atoms with E-state index in [1.54, 1.807) is 0 Å². The highest BCUT2D eigenvalue weighted by Crippen LogP contribution is 2.28. The molecule has 0 saturated carbocycles. The summed E-state index contributed by atoms with van der Waals surface area (Å²) in [6.07, 6.45) is 7.55. The zero-order valence-corrected chi connectivity index (χ0v) is 12.7. The Labute approximate surface area is 126 Å². The molecular formula is C17H24N4. The lowest BCUT2D eigenvalue weighted by molar-refractivity contribution is 0.215. The van der Waals surface area contributed by atoms with E-state index in [1.807, 2.05) is 24.5 Å². The number of nitrogens with one attached hydrogen (secondary N) is 1. The molecule has 112 valence electrons. The SMILES string of the molecule is CN1CCC(CCNc2ccc(N)c3cnccc23)CC1. The molecule has 0 atom stereocenters. The number of nitrogens with two attached hydrogens (primary N) is 1. The second-order valence-electron chi connectivity index (χ2n) is 6.09. The summed E-state index contributed by atoms with van der Waals surface area (Å²) in [4.78, 5) is 6.58. The highest BCUT2D eigenvalue weighted by Gasteiger charge is 2.16. The summed E-state index contributed by atoms with van der Waals surface area (Å²) in [7, 11) is 2.21. The second-order valence-corrected chi connectivity index (χ2v) is 6.09. The maximum atomic E-state index is 6.01. The van der Waals surface area contributed by atoms with Gasteiger partial charge in [-0.15, -0.1) is 0 Å². The summed E-state index contributed by atoms with van der Waals surface area (Å²) in [5.74, 6) is 0.857. The first-order valence-electron chi connectivity index (χ1n) is 7.78. The van der Waals surface area contributed by atoms with Crippen molar-refractivity contribution >= 4 is 22.1 Å². The zero-order valence-electron chi connectivity index (χ0n) is 12.7. The van der Waals surface area contributed by atoms with Crippen molar-refractivity contribution in [2.45, 2.75) is 19.3 Å². The van der Waals surface area contributed by atoms with Gasteiger partial charge in [0.1, 0.15) is 0 Å². The van der Waals surface area contributed by atoms with Gasteiger partial charge in [0.15, 0.2) is 0 Å². The van der Waals surface area contributed by atoms with E-state index in [9.17, 15) is 0 Å². The fraction of sp³-hybridized carbons (Fsp3) is 0.471. The third-order valence-electron chi connectivity index (χ3n) is 4.56. The largest absolute Gasteiger partial charge is 0.398 e. The number of benzene rings is 1. The lowest BCUT2D eigenvalue weighted by atomic mass is 9.94. The molecule has 21 heavy (non-hydrogen) atoms. The van der Waals surface area contributed by atoms with Crippen molar-refractivity contribution in [3.63, 3.8) is 0 Å². The Kier molecular flexibility index (Phi) is 4.25. The lowest BCUT2D eigenvalue weighted by Gasteiger charge is -2.29. The topological polar surface area (TPSA) is 54.2 Å². The Morgan fingerprint density at radius 3 is 2.86 bits per heavy atom. The number of piperidine rings is 1. The summed E-state index contributed by atoms with van der Waals surface area (Å²) in [6.45, 7) is 3.50. The van der Waals surface area contributed by atoms with Gasteiger partial charge in [-0.25, -0.2) is 0 Å². The first-order chi connectivity index (χ1) is 10.2. The number of aromatic nitrogens is 1. The van der Waals surface area contributed by atoms with Crippen LogP contribution in [-0.4, -0.2) is 36.6 Å². The fourth-order valence-electron chi connectivity index (χ4n) is 3.13. The lowest BCUT2D eigenvalue weighted by Crippen LogP contribution is -2.30. The Balaban J connectivity index is 1.62. The van der Waals surface area contributed by atoms with Crippen LogP contribution in [0.4, 0.5) is 11.4 Å². The number of anilines is 2. The predicted octanol–water partition coefficient (Wildman–Crippen LogP) is 2.96. The normalized spacial score (nSPS) is 17.2. The molecule has 4 heteroatoms. The van der Waals surface area contributed by atoms with Gasteiger partial charge >= 0.3 is 0 Å². The maximum absolute atomic E-state index is 6.01. The molecule has 1 fully saturated rings. The molecule has 0 aliphatic carbocycles. The minimum Gasteiger partial charge on any atom is -0.398 e. The first kappa shape index (κ1) is 14.1. The van der Waals surface area contributed by atoms with Gasteiger partial charge in [-0.2, -0.15) is 0 Å². The molecule has 1 aromatic carbocycles. The molecule has 0 radical (unpaired) electrons. The molecule has 1 saturated heterocycles. The van der Waals surface area contributed by atoms with Gasteiger partial charge in [-0.1, -0.05) is 0 Å². The third-order valence-corrected chi connectivity index (χ3v) is 4.56. The second kappa shape index (κ2) is 6.31. The molecule has 0 bridgehead atoms. The first-order valence-corrected chi connectivity index (χ1v) is 7.78. The smallest absolute Gasteiger partial charge is 0.0422 e. The van der Waals surface area contributed by atoms with E-state index in [2.05, 4.69) is 28.3 Å². The number of hydrogen-bond donors (Lipinski definition) is 2. The average molecular weight is 284 g/mol. The van der Waals surface area contributed by atoms with E-state index in [0.29, 0.717) is 0 Å². The van der Waals surface area contributed by atoms with Crippen LogP contribution >= 0.6 is 0 Å². The molecule has 3 N–H and O–H groups in total. The average Bonchev–Trinajstić information content (AvgIpc) is 2.52. The summed E-state index contributed by atoms with van der Waals surface area (Å²) in [5, 5.41) is 5.77. The van der Waals surface area contributed by atoms with Crippen LogP contribution in [-0.2, 0) is 0 Å². The molecule has 2 heterocycles. The van der Waals surface area contributed by atoms with E-state index in [0.717, 1.165) is 34.6 Å². The van der Waals surface area contributed by atoms with Crippen LogP contribution in [0.2, 0.25) is 0 Å². The standard InChI is InChI=1S/C17H24N4/c1-21-10-6-13(7-11-21)4-9-20-17-3-2-16(18)15-12-19-8-5-14(15)17/h2-3,5,8,12-13,20H,4,6-7,9-11,18H2,1H3. The van der Waals surface area contributed by atoms with Crippen LogP contribution in [0.5, 0.6) is 0 Å². The molecule has 1 aliphatic rings. The molecule has 2 aromatic rings. The number of fused-ring (bicyclic) bond motifs is 1. The van der Waals surface area contributed by atoms with E-state index in [-0.39, 0.29) is 0 Å². The van der Waals surface area contributed by atoms with Gasteiger partial charge in [0.2, 0.25) is 0 Å². The van der Waals surface area contributed by atoms with Crippen molar-refractivity contribution in [3.05, 3.63) is 30.6 Å². The van der Waals surface area contributed by atoms with Crippen molar-refractivity contribution in [2.24, 2.45) is 5.92 Å². The van der Waals surface area contributed by atoms with Gasteiger partial charge in [0.25, 0.3) is 0 Å². The summed E-state index contributed by atoms with van der Waals surface area (Å²) in [5.41, 5.74) is 7.96. The minimum absolute atomic E-state index is 0.791. The van der Waals surface area contributed by atoms with E-state index < -0.39 is 0 Å². The van der Waals surface area contributed by atoms with Crippen molar-refractivity contribution in [1.29, 1.82) is 0 Å². The maximum Gasteiger partial charge on any atom is 0.0422 e. The van der Waals surface area contributed by atoms with Crippen molar-refractivity contribution in [2.75, 3.05) is 37.7 Å². The number of rotatable bonds is 4. The molecule has 1 aliphatic heterocycles. The Hall–Kier alpha value is -1.81. The van der Waals surface area contributed by atoms with Gasteiger partial charge in [-0.3, -0.25) is 4.98 Å². The molecule has 0 unspecified atom stereocenters. The zero-order chi connectivity index (χ0) is 14.7. The molecular weight excluding hydrogens is 260 g/mol. The van der Waals surface area contributed by atoms with Gasteiger partial charge < -0.3 is 16.0 Å². The Morgan fingerprint density at radius 2 is 2.05 bits per heavy atom. The van der Waals surface area contributed by atoms with Crippen LogP contribution < -0.4 is 11.1 Å². The number of likely N-dealkylation sites (tertiary alicyclic amines) is 1. The van der Waals surface area contributed by atoms with E-state index in [4.69, 9.17) is 5.73 Å². The molecule has 3 rings (SSSR count).